The Balaban J connectivity index is 2.86. The summed E-state index contributed by atoms with van der Waals surface area (Å²) in [6.07, 6.45) is -7.58. The maximum Gasteiger partial charge on any atom is 0.305 e. The monoisotopic (exact) mass is 266 g/mol. The van der Waals surface area contributed by atoms with Crippen LogP contribution < -0.4 is 0 Å². The second kappa shape index (κ2) is 6.10. The maximum atomic E-state index is 11.1. The fraction of sp³-hybridized carbons (Fsp3) is 0.800. The van der Waals surface area contributed by atoms with Crippen LogP contribution in [0.4, 0.5) is 0 Å². The average molecular weight is 266 g/mol. The molecular weight excluding hydrogens is 248 g/mol. The van der Waals surface area contributed by atoms with Crippen molar-refractivity contribution in [3.8, 4) is 0 Å². The van der Waals surface area contributed by atoms with Crippen molar-refractivity contribution in [1.29, 1.82) is 0 Å². The van der Waals surface area contributed by atoms with E-state index >= 15 is 0 Å². The predicted molar refractivity (Wildman–Crippen MR) is 55.1 cm³/mol. The Morgan fingerprint density at radius 1 is 1.22 bits per heavy atom. The molecule has 0 aromatic rings. The van der Waals surface area contributed by atoms with Gasteiger partial charge in [-0.05, 0) is 0 Å². The maximum absolute atomic E-state index is 11.1. The molecule has 8 heteroatoms. The minimum atomic E-state index is -1.67. The molecule has 1 saturated heterocycles. The third kappa shape index (κ3) is 3.39. The number of carbonyl (C=O) groups is 2. The van der Waals surface area contributed by atoms with Gasteiger partial charge in [0.2, 0.25) is 6.29 Å². The molecule has 0 aliphatic carbocycles. The molecule has 104 valence electrons. The molecule has 0 amide bonds. The highest BCUT2D eigenvalue weighted by Crippen LogP contribution is 2.24. The van der Waals surface area contributed by atoms with Gasteiger partial charge in [-0.1, -0.05) is 0 Å². The number of aliphatic hydroxyl groups excluding tert-OH is 3. The zero-order chi connectivity index (χ0) is 15.3. The summed E-state index contributed by atoms with van der Waals surface area (Å²) in [5.74, 6) is -2.01. The lowest BCUT2D eigenvalue weighted by molar-refractivity contribution is -0.295. The van der Waals surface area contributed by atoms with E-state index in [1.807, 2.05) is 0 Å². The lowest BCUT2D eigenvalue weighted by Gasteiger charge is -2.40. The average Bonchev–Trinajstić information content (AvgIpc) is 2.45. The molecule has 3 N–H and O–H groups in total. The highest BCUT2D eigenvalue weighted by atomic mass is 16.7. The molecule has 1 rings (SSSR count). The summed E-state index contributed by atoms with van der Waals surface area (Å²) in [7, 11) is 0. The molecule has 5 atom stereocenters. The second-order valence-electron chi connectivity index (χ2n) is 3.65. The zero-order valence-corrected chi connectivity index (χ0v) is 9.39. The van der Waals surface area contributed by atoms with E-state index < -0.39 is 63.1 Å². The SMILES string of the molecule is [2H]CC(=O)OC1O[C@H](CO)[C@@H](O)[C@H](O)[C@H]1OC(=O)C[2H]. The minimum Gasteiger partial charge on any atom is -0.453 e. The third-order valence-electron chi connectivity index (χ3n) is 2.34. The smallest absolute Gasteiger partial charge is 0.305 e. The molecule has 0 bridgehead atoms. The first-order valence-corrected chi connectivity index (χ1v) is 5.04. The number of hydrogen-bond acceptors (Lipinski definition) is 8. The Morgan fingerprint density at radius 2 is 1.83 bits per heavy atom. The van der Waals surface area contributed by atoms with Crippen molar-refractivity contribution in [3.05, 3.63) is 0 Å². The molecule has 0 saturated carbocycles. The van der Waals surface area contributed by atoms with Crippen LogP contribution in [0.25, 0.3) is 0 Å². The van der Waals surface area contributed by atoms with Gasteiger partial charge in [-0.15, -0.1) is 0 Å². The molecule has 0 aromatic carbocycles. The highest BCUT2D eigenvalue weighted by molar-refractivity contribution is 5.67. The molecule has 1 unspecified atom stereocenters. The van der Waals surface area contributed by atoms with Gasteiger partial charge >= 0.3 is 11.9 Å². The first-order valence-electron chi connectivity index (χ1n) is 6.45. The molecule has 1 aliphatic rings. The van der Waals surface area contributed by atoms with Crippen LogP contribution in [0.2, 0.25) is 0 Å². The van der Waals surface area contributed by atoms with Gasteiger partial charge in [0.15, 0.2) is 6.10 Å². The molecule has 0 spiro atoms. The summed E-state index contributed by atoms with van der Waals surface area (Å²) in [6, 6.07) is 0. The summed E-state index contributed by atoms with van der Waals surface area (Å²) in [4.78, 5) is 22.2. The third-order valence-corrected chi connectivity index (χ3v) is 2.34. The molecule has 0 aromatic heterocycles. The first-order chi connectivity index (χ1) is 9.44. The number of ether oxygens (including phenoxy) is 3. The molecule has 0 radical (unpaired) electrons. The van der Waals surface area contributed by atoms with Gasteiger partial charge in [0.05, 0.1) is 6.61 Å². The number of hydrogen-bond donors (Lipinski definition) is 3. The summed E-state index contributed by atoms with van der Waals surface area (Å²) in [5.41, 5.74) is 0. The van der Waals surface area contributed by atoms with Crippen LogP contribution in [0.5, 0.6) is 0 Å². The van der Waals surface area contributed by atoms with Crippen molar-refractivity contribution >= 4 is 11.9 Å². The van der Waals surface area contributed by atoms with Crippen molar-refractivity contribution < 1.29 is 41.9 Å². The summed E-state index contributed by atoms with van der Waals surface area (Å²) in [5, 5.41) is 28.5. The van der Waals surface area contributed by atoms with Crippen molar-refractivity contribution in [2.45, 2.75) is 44.5 Å². The molecule has 1 aliphatic heterocycles. The van der Waals surface area contributed by atoms with E-state index in [4.69, 9.17) is 17.3 Å². The van der Waals surface area contributed by atoms with Crippen molar-refractivity contribution in [1.82, 2.24) is 0 Å². The fourth-order valence-electron chi connectivity index (χ4n) is 1.56. The molecule has 1 fully saturated rings. The van der Waals surface area contributed by atoms with Crippen LogP contribution in [0.15, 0.2) is 0 Å². The summed E-state index contributed by atoms with van der Waals surface area (Å²) < 4.78 is 28.0. The normalized spacial score (nSPS) is 37.4. The van der Waals surface area contributed by atoms with Gasteiger partial charge in [0.1, 0.15) is 18.3 Å². The van der Waals surface area contributed by atoms with Crippen LogP contribution in [-0.2, 0) is 23.8 Å². The Kier molecular flexibility index (Phi) is 4.01. The van der Waals surface area contributed by atoms with Gasteiger partial charge in [0, 0.05) is 16.5 Å². The lowest BCUT2D eigenvalue weighted by Crippen LogP contribution is -2.60. The quantitative estimate of drug-likeness (QED) is 0.497. The van der Waals surface area contributed by atoms with Gasteiger partial charge in [-0.3, -0.25) is 9.59 Å². The van der Waals surface area contributed by atoms with E-state index in [-0.39, 0.29) is 0 Å². The number of esters is 2. The number of rotatable bonds is 3. The standard InChI is InChI=1S/C10H16O8/c1-4(12)16-9-8(15)7(14)6(3-11)18-10(9)17-5(2)13/h6-11,14-15H,3H2,1-2H3/t6-,7-,8+,9-,10?/m1/s1/i1D,2D. The van der Waals surface area contributed by atoms with Gasteiger partial charge < -0.3 is 29.5 Å². The molecular formula is C10H16O8. The summed E-state index contributed by atoms with van der Waals surface area (Å²) in [6.45, 7) is -2.12. The molecule has 8 nitrogen and oxygen atoms in total. The summed E-state index contributed by atoms with van der Waals surface area (Å²) >= 11 is 0. The van der Waals surface area contributed by atoms with Crippen molar-refractivity contribution in [2.24, 2.45) is 0 Å². The predicted octanol–water partition coefficient (Wildman–Crippen LogP) is -2.08. The lowest BCUT2D eigenvalue weighted by atomic mass is 9.99. The highest BCUT2D eigenvalue weighted by Gasteiger charge is 2.47. The van der Waals surface area contributed by atoms with Crippen molar-refractivity contribution in [3.63, 3.8) is 0 Å². The number of carbonyl (C=O) groups excluding carboxylic acids is 2. The van der Waals surface area contributed by atoms with E-state index in [1.54, 1.807) is 0 Å². The fourth-order valence-corrected chi connectivity index (χ4v) is 1.56. The largest absolute Gasteiger partial charge is 0.453 e. The van der Waals surface area contributed by atoms with Crippen LogP contribution >= 0.6 is 0 Å². The molecule has 18 heavy (non-hydrogen) atoms. The zero-order valence-electron chi connectivity index (χ0n) is 11.4. The topological polar surface area (TPSA) is 123 Å². The Hall–Kier alpha value is -1.22. The van der Waals surface area contributed by atoms with Crippen LogP contribution in [0.3, 0.4) is 0 Å². The van der Waals surface area contributed by atoms with E-state index in [1.165, 1.54) is 0 Å². The van der Waals surface area contributed by atoms with Crippen LogP contribution in [0.1, 0.15) is 16.5 Å². The Labute approximate surface area is 106 Å². The Morgan fingerprint density at radius 3 is 2.39 bits per heavy atom. The van der Waals surface area contributed by atoms with Gasteiger partial charge in [-0.2, -0.15) is 0 Å². The van der Waals surface area contributed by atoms with Gasteiger partial charge in [0.25, 0.3) is 0 Å². The Bertz CT molecular complexity index is 352. The first kappa shape index (κ1) is 11.8. The minimum absolute atomic E-state index is 0.660. The number of aliphatic hydroxyl groups is 3. The van der Waals surface area contributed by atoms with E-state index in [9.17, 15) is 19.8 Å². The molecule has 1 heterocycles. The van der Waals surface area contributed by atoms with Gasteiger partial charge in [-0.25, -0.2) is 0 Å². The van der Waals surface area contributed by atoms with Crippen LogP contribution in [0, 0.1) is 0 Å². The van der Waals surface area contributed by atoms with Crippen LogP contribution in [-0.4, -0.2) is 64.6 Å². The van der Waals surface area contributed by atoms with E-state index in [0.717, 1.165) is 0 Å². The second-order valence-corrected chi connectivity index (χ2v) is 3.65. The van der Waals surface area contributed by atoms with E-state index in [2.05, 4.69) is 4.74 Å². The van der Waals surface area contributed by atoms with Crippen molar-refractivity contribution in [2.75, 3.05) is 6.61 Å². The van der Waals surface area contributed by atoms with E-state index in [0.29, 0.717) is 0 Å².